The van der Waals surface area contributed by atoms with Crippen LogP contribution in [0.2, 0.25) is 0 Å². The van der Waals surface area contributed by atoms with Crippen LogP contribution in [0.15, 0.2) is 35.2 Å². The Bertz CT molecular complexity index is 1260. The zero-order valence-electron chi connectivity index (χ0n) is 20.7. The Kier molecular flexibility index (Phi) is 7.98. The summed E-state index contributed by atoms with van der Waals surface area (Å²) in [5.41, 5.74) is 4.19. The van der Waals surface area contributed by atoms with Crippen molar-refractivity contribution in [2.45, 2.75) is 58.5 Å². The number of piperidine rings is 1. The molecular formula is C26H31N3O5S. The number of rotatable bonds is 6. The maximum Gasteiger partial charge on any atom is 0.309 e. The summed E-state index contributed by atoms with van der Waals surface area (Å²) in [6.45, 7) is 9.34. The predicted octanol–water partition coefficient (Wildman–Crippen LogP) is 3.76. The summed E-state index contributed by atoms with van der Waals surface area (Å²) >= 11 is 0. The smallest absolute Gasteiger partial charge is 0.309 e. The van der Waals surface area contributed by atoms with Gasteiger partial charge < -0.3 is 10.1 Å². The molecule has 1 aliphatic heterocycles. The van der Waals surface area contributed by atoms with Gasteiger partial charge in [0.1, 0.15) is 0 Å². The average molecular weight is 498 g/mol. The van der Waals surface area contributed by atoms with Crippen molar-refractivity contribution in [3.63, 3.8) is 0 Å². The minimum atomic E-state index is -3.70. The van der Waals surface area contributed by atoms with Gasteiger partial charge in [-0.05, 0) is 87.9 Å². The number of carbonyl (C=O) groups excluding carboxylic acids is 2. The molecule has 3 rings (SSSR count). The number of nitrogens with one attached hydrogen (secondary N) is 1. The van der Waals surface area contributed by atoms with Crippen molar-refractivity contribution < 1.29 is 22.7 Å². The Balaban J connectivity index is 1.61. The molecule has 186 valence electrons. The third-order valence-corrected chi connectivity index (χ3v) is 8.78. The first-order valence-corrected chi connectivity index (χ1v) is 13.0. The van der Waals surface area contributed by atoms with Gasteiger partial charge in [0.05, 0.1) is 22.4 Å². The SMILES string of the molecule is Cc1cc(C)c(C)c(S(=O)(=O)N2CCC(C(=O)O[C@H](C)C(=O)Nc3cccc(C#N)c3)CC2)c1C. The van der Waals surface area contributed by atoms with Crippen LogP contribution in [0.3, 0.4) is 0 Å². The number of benzene rings is 2. The van der Waals surface area contributed by atoms with E-state index in [1.54, 1.807) is 18.2 Å². The highest BCUT2D eigenvalue weighted by molar-refractivity contribution is 7.89. The maximum atomic E-state index is 13.4. The van der Waals surface area contributed by atoms with E-state index in [0.29, 0.717) is 29.0 Å². The van der Waals surface area contributed by atoms with Crippen LogP contribution in [0.25, 0.3) is 0 Å². The van der Waals surface area contributed by atoms with Gasteiger partial charge in [-0.25, -0.2) is 8.42 Å². The molecule has 0 saturated carbocycles. The zero-order valence-corrected chi connectivity index (χ0v) is 21.5. The number of carbonyl (C=O) groups is 2. The molecule has 1 heterocycles. The Labute approximate surface area is 206 Å². The van der Waals surface area contributed by atoms with Crippen LogP contribution in [0.5, 0.6) is 0 Å². The fraction of sp³-hybridized carbons (Fsp3) is 0.423. The summed E-state index contributed by atoms with van der Waals surface area (Å²) in [5, 5.41) is 11.6. The lowest BCUT2D eigenvalue weighted by Gasteiger charge is -2.31. The van der Waals surface area contributed by atoms with Crippen LogP contribution < -0.4 is 5.32 Å². The molecule has 1 amide bonds. The van der Waals surface area contributed by atoms with Gasteiger partial charge in [0.15, 0.2) is 6.10 Å². The highest BCUT2D eigenvalue weighted by Gasteiger charge is 2.35. The number of ether oxygens (including phenoxy) is 1. The van der Waals surface area contributed by atoms with Gasteiger partial charge >= 0.3 is 5.97 Å². The molecule has 35 heavy (non-hydrogen) atoms. The summed E-state index contributed by atoms with van der Waals surface area (Å²) in [7, 11) is -3.70. The van der Waals surface area contributed by atoms with Gasteiger partial charge in [-0.2, -0.15) is 9.57 Å². The van der Waals surface area contributed by atoms with E-state index in [0.717, 1.165) is 22.3 Å². The molecule has 0 bridgehead atoms. The number of hydrogen-bond acceptors (Lipinski definition) is 6. The summed E-state index contributed by atoms with van der Waals surface area (Å²) < 4.78 is 33.7. The number of anilines is 1. The van der Waals surface area contributed by atoms with Crippen LogP contribution in [0.1, 0.15) is 47.6 Å². The van der Waals surface area contributed by atoms with Gasteiger partial charge in [0.25, 0.3) is 5.91 Å². The lowest BCUT2D eigenvalue weighted by molar-refractivity contribution is -0.158. The number of nitrogens with zero attached hydrogens (tertiary/aromatic N) is 2. The molecule has 0 radical (unpaired) electrons. The van der Waals surface area contributed by atoms with Crippen molar-refractivity contribution in [3.8, 4) is 6.07 Å². The summed E-state index contributed by atoms with van der Waals surface area (Å²) in [5.74, 6) is -1.51. The summed E-state index contributed by atoms with van der Waals surface area (Å²) in [6, 6.07) is 10.4. The molecular weight excluding hydrogens is 466 g/mol. The van der Waals surface area contributed by atoms with Crippen LogP contribution in [0, 0.1) is 44.9 Å². The monoisotopic (exact) mass is 497 g/mol. The van der Waals surface area contributed by atoms with E-state index >= 15 is 0 Å². The molecule has 2 aromatic carbocycles. The largest absolute Gasteiger partial charge is 0.452 e. The molecule has 1 saturated heterocycles. The Morgan fingerprint density at radius 2 is 1.69 bits per heavy atom. The van der Waals surface area contributed by atoms with Crippen molar-refractivity contribution >= 4 is 27.6 Å². The first kappa shape index (κ1) is 26.4. The normalized spacial score (nSPS) is 15.8. The van der Waals surface area contributed by atoms with Crippen molar-refractivity contribution in [3.05, 3.63) is 58.1 Å². The molecule has 9 heteroatoms. The van der Waals surface area contributed by atoms with Crippen molar-refractivity contribution in [1.29, 1.82) is 5.26 Å². The number of sulfonamides is 1. The van der Waals surface area contributed by atoms with E-state index < -0.39 is 33.9 Å². The molecule has 0 spiro atoms. The number of hydrogen-bond donors (Lipinski definition) is 1. The van der Waals surface area contributed by atoms with E-state index in [1.165, 1.54) is 17.3 Å². The molecule has 8 nitrogen and oxygen atoms in total. The Morgan fingerprint density at radius 1 is 1.09 bits per heavy atom. The number of nitriles is 1. The van der Waals surface area contributed by atoms with E-state index in [2.05, 4.69) is 5.32 Å². The van der Waals surface area contributed by atoms with E-state index in [4.69, 9.17) is 10.00 Å². The Morgan fingerprint density at radius 3 is 2.26 bits per heavy atom. The zero-order chi connectivity index (χ0) is 25.9. The summed E-state index contributed by atoms with van der Waals surface area (Å²) in [4.78, 5) is 25.5. The van der Waals surface area contributed by atoms with Gasteiger partial charge in [-0.15, -0.1) is 0 Å². The summed E-state index contributed by atoms with van der Waals surface area (Å²) in [6.07, 6.45) is -0.394. The molecule has 0 unspecified atom stereocenters. The molecule has 1 N–H and O–H groups in total. The first-order chi connectivity index (χ1) is 16.4. The molecule has 0 aliphatic carbocycles. The Hall–Kier alpha value is -3.22. The maximum absolute atomic E-state index is 13.4. The van der Waals surface area contributed by atoms with Gasteiger partial charge in [-0.1, -0.05) is 12.1 Å². The van der Waals surface area contributed by atoms with E-state index in [1.807, 2.05) is 39.8 Å². The lowest BCUT2D eigenvalue weighted by atomic mass is 9.98. The minimum absolute atomic E-state index is 0.204. The van der Waals surface area contributed by atoms with Crippen molar-refractivity contribution in [1.82, 2.24) is 4.31 Å². The van der Waals surface area contributed by atoms with Crippen LogP contribution in [0.4, 0.5) is 5.69 Å². The molecule has 0 aromatic heterocycles. The van der Waals surface area contributed by atoms with Crippen LogP contribution in [-0.2, 0) is 24.3 Å². The second kappa shape index (κ2) is 10.6. The average Bonchev–Trinajstić information content (AvgIpc) is 2.83. The second-order valence-corrected chi connectivity index (χ2v) is 10.9. The van der Waals surface area contributed by atoms with E-state index in [9.17, 15) is 18.0 Å². The highest BCUT2D eigenvalue weighted by atomic mass is 32.2. The van der Waals surface area contributed by atoms with Crippen molar-refractivity contribution in [2.24, 2.45) is 5.92 Å². The lowest BCUT2D eigenvalue weighted by Crippen LogP contribution is -2.42. The molecule has 1 aliphatic rings. The van der Waals surface area contributed by atoms with E-state index in [-0.39, 0.29) is 13.1 Å². The van der Waals surface area contributed by atoms with Crippen molar-refractivity contribution in [2.75, 3.05) is 18.4 Å². The first-order valence-electron chi connectivity index (χ1n) is 11.5. The molecule has 1 atom stereocenters. The fourth-order valence-electron chi connectivity index (χ4n) is 4.26. The van der Waals surface area contributed by atoms with Crippen LogP contribution >= 0.6 is 0 Å². The number of esters is 1. The second-order valence-electron chi connectivity index (χ2n) is 9.03. The number of aryl methyl sites for hydroxylation is 2. The highest BCUT2D eigenvalue weighted by Crippen LogP contribution is 2.31. The minimum Gasteiger partial charge on any atom is -0.452 e. The third-order valence-electron chi connectivity index (χ3n) is 6.60. The van der Waals surface area contributed by atoms with Gasteiger partial charge in [0, 0.05) is 18.8 Å². The fourth-order valence-corrected chi connectivity index (χ4v) is 6.31. The molecule has 2 aromatic rings. The number of amides is 1. The molecule has 1 fully saturated rings. The van der Waals surface area contributed by atoms with Crippen LogP contribution in [-0.4, -0.2) is 43.8 Å². The topological polar surface area (TPSA) is 117 Å². The predicted molar refractivity (Wildman–Crippen MR) is 132 cm³/mol. The van der Waals surface area contributed by atoms with Gasteiger partial charge in [0.2, 0.25) is 10.0 Å². The third kappa shape index (κ3) is 5.72. The van der Waals surface area contributed by atoms with Gasteiger partial charge in [-0.3, -0.25) is 9.59 Å². The standard InChI is InChI=1S/C26H31N3O5S/c1-16-13-17(2)19(4)24(18(16)3)35(32,33)29-11-9-22(10-12-29)26(31)34-20(5)25(30)28-23-8-6-7-21(14-23)15-27/h6-8,13-14,20,22H,9-12H2,1-5H3,(H,28,30)/t20-/m1/s1. The quantitative estimate of drug-likeness (QED) is 0.608.